The van der Waals surface area contributed by atoms with Crippen LogP contribution in [-0.2, 0) is 14.3 Å². The normalized spacial score (nSPS) is 12.9. The van der Waals surface area contributed by atoms with Crippen molar-refractivity contribution in [2.24, 2.45) is 5.41 Å². The number of carbonyl (C=O) groups is 2. The number of hydrogen-bond donors (Lipinski definition) is 1. The van der Waals surface area contributed by atoms with Gasteiger partial charge in [-0.25, -0.2) is 9.59 Å². The highest BCUT2D eigenvalue weighted by Crippen LogP contribution is 2.25. The molecule has 0 saturated heterocycles. The van der Waals surface area contributed by atoms with Crippen LogP contribution in [0.25, 0.3) is 0 Å². The highest BCUT2D eigenvalue weighted by Gasteiger charge is 2.16. The lowest BCUT2D eigenvalue weighted by atomic mass is 9.86. The van der Waals surface area contributed by atoms with E-state index in [1.54, 1.807) is 0 Å². The van der Waals surface area contributed by atoms with Gasteiger partial charge in [-0.1, -0.05) is 26.8 Å². The number of carboxylic acid groups (broad SMARTS) is 1. The SMILES string of the molecule is COC(=O)C=CC(=CC(=O)O)C(C)(C)C. The summed E-state index contributed by atoms with van der Waals surface area (Å²) in [4.78, 5) is 21.4. The first-order valence-corrected chi connectivity index (χ1v) is 4.48. The van der Waals surface area contributed by atoms with Crippen molar-refractivity contribution in [2.45, 2.75) is 20.8 Å². The molecular formula is C11H16O4. The van der Waals surface area contributed by atoms with E-state index in [2.05, 4.69) is 4.74 Å². The highest BCUT2D eigenvalue weighted by atomic mass is 16.5. The van der Waals surface area contributed by atoms with Crippen LogP contribution in [0.4, 0.5) is 0 Å². The molecule has 0 aromatic carbocycles. The Morgan fingerprint density at radius 2 is 1.73 bits per heavy atom. The van der Waals surface area contributed by atoms with Gasteiger partial charge in [-0.15, -0.1) is 0 Å². The summed E-state index contributed by atoms with van der Waals surface area (Å²) in [5.74, 6) is -1.54. The van der Waals surface area contributed by atoms with Crippen LogP contribution in [0, 0.1) is 5.41 Å². The summed E-state index contributed by atoms with van der Waals surface area (Å²) in [5.41, 5.74) is 0.225. The quantitative estimate of drug-likeness (QED) is 0.440. The molecule has 0 aromatic rings. The number of rotatable bonds is 3. The van der Waals surface area contributed by atoms with Crippen molar-refractivity contribution in [3.05, 3.63) is 23.8 Å². The predicted molar refractivity (Wildman–Crippen MR) is 56.3 cm³/mol. The molecular weight excluding hydrogens is 196 g/mol. The first kappa shape index (κ1) is 13.4. The van der Waals surface area contributed by atoms with E-state index in [1.165, 1.54) is 19.3 Å². The fourth-order valence-corrected chi connectivity index (χ4v) is 0.874. The Labute approximate surface area is 89.2 Å². The number of ether oxygens (including phenoxy) is 1. The largest absolute Gasteiger partial charge is 0.478 e. The molecule has 0 radical (unpaired) electrons. The molecule has 0 fully saturated rings. The van der Waals surface area contributed by atoms with E-state index in [9.17, 15) is 9.59 Å². The smallest absolute Gasteiger partial charge is 0.330 e. The van der Waals surface area contributed by atoms with E-state index >= 15 is 0 Å². The van der Waals surface area contributed by atoms with Gasteiger partial charge in [0, 0.05) is 12.2 Å². The summed E-state index contributed by atoms with van der Waals surface area (Å²) in [6.45, 7) is 5.59. The summed E-state index contributed by atoms with van der Waals surface area (Å²) in [6.07, 6.45) is 3.75. The maximum atomic E-state index is 10.8. The van der Waals surface area contributed by atoms with Crippen LogP contribution in [-0.4, -0.2) is 24.2 Å². The second-order valence-corrected chi connectivity index (χ2v) is 4.04. The minimum Gasteiger partial charge on any atom is -0.478 e. The second-order valence-electron chi connectivity index (χ2n) is 4.04. The lowest BCUT2D eigenvalue weighted by Gasteiger charge is -2.19. The Balaban J connectivity index is 4.92. The minimum absolute atomic E-state index is 0.330. The zero-order valence-corrected chi connectivity index (χ0v) is 9.40. The van der Waals surface area contributed by atoms with E-state index in [1.807, 2.05) is 20.8 Å². The summed E-state index contributed by atoms with van der Waals surface area (Å²) >= 11 is 0. The van der Waals surface area contributed by atoms with Gasteiger partial charge < -0.3 is 9.84 Å². The topological polar surface area (TPSA) is 63.6 Å². The fourth-order valence-electron chi connectivity index (χ4n) is 0.874. The monoisotopic (exact) mass is 212 g/mol. The van der Waals surface area contributed by atoms with Gasteiger partial charge in [0.15, 0.2) is 0 Å². The molecule has 0 aliphatic heterocycles. The number of methoxy groups -OCH3 is 1. The number of hydrogen-bond acceptors (Lipinski definition) is 3. The van der Waals surface area contributed by atoms with Gasteiger partial charge in [0.2, 0.25) is 0 Å². The Hall–Kier alpha value is -1.58. The number of carbonyl (C=O) groups excluding carboxylic acids is 1. The first-order valence-electron chi connectivity index (χ1n) is 4.48. The van der Waals surface area contributed by atoms with Gasteiger partial charge in [-0.2, -0.15) is 0 Å². The molecule has 15 heavy (non-hydrogen) atoms. The van der Waals surface area contributed by atoms with E-state index in [-0.39, 0.29) is 5.41 Å². The van der Waals surface area contributed by atoms with Crippen LogP contribution < -0.4 is 0 Å². The van der Waals surface area contributed by atoms with Gasteiger partial charge in [-0.3, -0.25) is 0 Å². The number of esters is 1. The predicted octanol–water partition coefficient (Wildman–Crippen LogP) is 1.77. The Morgan fingerprint density at radius 3 is 2.07 bits per heavy atom. The first-order chi connectivity index (χ1) is 6.77. The van der Waals surface area contributed by atoms with E-state index in [0.717, 1.165) is 6.08 Å². The van der Waals surface area contributed by atoms with Crippen molar-refractivity contribution >= 4 is 11.9 Å². The molecule has 0 unspecified atom stereocenters. The van der Waals surface area contributed by atoms with Crippen LogP contribution >= 0.6 is 0 Å². The Kier molecular flexibility index (Phi) is 4.78. The van der Waals surface area contributed by atoms with Gasteiger partial charge in [0.25, 0.3) is 0 Å². The van der Waals surface area contributed by atoms with Crippen molar-refractivity contribution in [3.63, 3.8) is 0 Å². The zero-order valence-electron chi connectivity index (χ0n) is 9.40. The van der Waals surface area contributed by atoms with Crippen LogP contribution in [0.15, 0.2) is 23.8 Å². The maximum Gasteiger partial charge on any atom is 0.330 e. The molecule has 0 aromatic heterocycles. The molecule has 0 spiro atoms. The third-order valence-electron chi connectivity index (χ3n) is 1.75. The maximum absolute atomic E-state index is 10.8. The molecule has 0 atom stereocenters. The van der Waals surface area contributed by atoms with E-state index in [4.69, 9.17) is 5.11 Å². The number of aliphatic carboxylic acids is 1. The van der Waals surface area contributed by atoms with Crippen LogP contribution in [0.1, 0.15) is 20.8 Å². The summed E-state index contributed by atoms with van der Waals surface area (Å²) in [7, 11) is 1.27. The summed E-state index contributed by atoms with van der Waals surface area (Å²) < 4.78 is 4.42. The second kappa shape index (κ2) is 5.34. The molecule has 0 saturated carbocycles. The van der Waals surface area contributed by atoms with Gasteiger partial charge in [0.05, 0.1) is 7.11 Å². The highest BCUT2D eigenvalue weighted by molar-refractivity contribution is 5.84. The van der Waals surface area contributed by atoms with Crippen molar-refractivity contribution in [2.75, 3.05) is 7.11 Å². The van der Waals surface area contributed by atoms with E-state index in [0.29, 0.717) is 5.57 Å². The molecule has 4 heteroatoms. The van der Waals surface area contributed by atoms with E-state index < -0.39 is 11.9 Å². The van der Waals surface area contributed by atoms with Gasteiger partial charge in [0.1, 0.15) is 0 Å². The minimum atomic E-state index is -1.03. The number of carboxylic acids is 1. The van der Waals surface area contributed by atoms with Crippen molar-refractivity contribution in [1.82, 2.24) is 0 Å². The molecule has 1 N–H and O–H groups in total. The van der Waals surface area contributed by atoms with Crippen LogP contribution in [0.2, 0.25) is 0 Å². The fraction of sp³-hybridized carbons (Fsp3) is 0.455. The van der Waals surface area contributed by atoms with Gasteiger partial charge in [-0.05, 0) is 11.0 Å². The summed E-state index contributed by atoms with van der Waals surface area (Å²) in [5, 5.41) is 8.64. The molecule has 0 aliphatic carbocycles. The van der Waals surface area contributed by atoms with Crippen molar-refractivity contribution < 1.29 is 19.4 Å². The van der Waals surface area contributed by atoms with Crippen molar-refractivity contribution in [3.8, 4) is 0 Å². The molecule has 0 aliphatic rings. The molecule has 0 amide bonds. The van der Waals surface area contributed by atoms with Crippen molar-refractivity contribution in [1.29, 1.82) is 0 Å². The Bertz CT molecular complexity index is 305. The lowest BCUT2D eigenvalue weighted by Crippen LogP contribution is -2.10. The molecule has 4 nitrogen and oxygen atoms in total. The molecule has 0 rings (SSSR count). The average molecular weight is 212 g/mol. The molecule has 84 valence electrons. The Morgan fingerprint density at radius 1 is 1.20 bits per heavy atom. The molecule has 0 bridgehead atoms. The third kappa shape index (κ3) is 5.67. The average Bonchev–Trinajstić information content (AvgIpc) is 2.09. The standard InChI is InChI=1S/C11H16O4/c1-11(2,3)8(7-9(12)13)5-6-10(14)15-4/h5-7H,1-4H3,(H,12,13). The van der Waals surface area contributed by atoms with Crippen LogP contribution in [0.3, 0.4) is 0 Å². The number of allylic oxidation sites excluding steroid dienone is 2. The zero-order chi connectivity index (χ0) is 12.1. The van der Waals surface area contributed by atoms with Crippen LogP contribution in [0.5, 0.6) is 0 Å². The molecule has 0 heterocycles. The lowest BCUT2D eigenvalue weighted by molar-refractivity contribution is -0.135. The van der Waals surface area contributed by atoms with Gasteiger partial charge >= 0.3 is 11.9 Å². The third-order valence-corrected chi connectivity index (χ3v) is 1.75. The summed E-state index contributed by atoms with van der Waals surface area (Å²) in [6, 6.07) is 0.